The molecule has 0 aromatic heterocycles. The summed E-state index contributed by atoms with van der Waals surface area (Å²) in [5, 5.41) is 0.856. The quantitative estimate of drug-likeness (QED) is 0.802. The van der Waals surface area contributed by atoms with Gasteiger partial charge in [0.05, 0.1) is 10.0 Å². The summed E-state index contributed by atoms with van der Waals surface area (Å²) in [4.78, 5) is 0. The van der Waals surface area contributed by atoms with Gasteiger partial charge in [0, 0.05) is 5.69 Å². The van der Waals surface area contributed by atoms with Crippen molar-refractivity contribution in [2.45, 2.75) is 27.4 Å². The summed E-state index contributed by atoms with van der Waals surface area (Å²) in [5.74, 6) is 0.474. The minimum atomic E-state index is 0.428. The zero-order chi connectivity index (χ0) is 14.9. The van der Waals surface area contributed by atoms with E-state index in [-0.39, 0.29) is 0 Å². The summed E-state index contributed by atoms with van der Waals surface area (Å²) in [6.45, 7) is 6.66. The molecule has 2 rings (SSSR count). The molecule has 4 heteroatoms. The van der Waals surface area contributed by atoms with Crippen molar-refractivity contribution in [2.75, 3.05) is 5.73 Å². The van der Waals surface area contributed by atoms with E-state index in [1.807, 2.05) is 0 Å². The first-order chi connectivity index (χ1) is 9.38. The zero-order valence-corrected chi connectivity index (χ0v) is 13.3. The van der Waals surface area contributed by atoms with Gasteiger partial charge in [0.25, 0.3) is 0 Å². The van der Waals surface area contributed by atoms with Crippen molar-refractivity contribution in [2.24, 2.45) is 0 Å². The summed E-state index contributed by atoms with van der Waals surface area (Å²) < 4.78 is 5.79. The molecule has 20 heavy (non-hydrogen) atoms. The van der Waals surface area contributed by atoms with Gasteiger partial charge in [-0.3, -0.25) is 0 Å². The van der Waals surface area contributed by atoms with Gasteiger partial charge in [0.2, 0.25) is 0 Å². The van der Waals surface area contributed by atoms with Crippen LogP contribution in [0, 0.1) is 20.8 Å². The smallest absolute Gasteiger partial charge is 0.157 e. The number of hydrogen-bond donors (Lipinski definition) is 1. The van der Waals surface area contributed by atoms with Crippen molar-refractivity contribution >= 4 is 28.9 Å². The van der Waals surface area contributed by atoms with E-state index in [4.69, 9.17) is 33.7 Å². The molecule has 2 aromatic carbocycles. The second-order valence-corrected chi connectivity index (χ2v) is 5.79. The van der Waals surface area contributed by atoms with E-state index in [0.717, 1.165) is 5.56 Å². The Balaban J connectivity index is 2.26. The van der Waals surface area contributed by atoms with Gasteiger partial charge >= 0.3 is 0 Å². The lowest BCUT2D eigenvalue weighted by Gasteiger charge is -2.14. The van der Waals surface area contributed by atoms with Gasteiger partial charge in [-0.05, 0) is 49.6 Å². The third-order valence-electron chi connectivity index (χ3n) is 3.22. The van der Waals surface area contributed by atoms with E-state index in [2.05, 4.69) is 32.9 Å². The fraction of sp³-hybridized carbons (Fsp3) is 0.250. The molecule has 0 saturated carbocycles. The number of hydrogen-bond acceptors (Lipinski definition) is 2. The minimum absolute atomic E-state index is 0.428. The van der Waals surface area contributed by atoms with Crippen LogP contribution in [0.3, 0.4) is 0 Å². The lowest BCUT2D eigenvalue weighted by Crippen LogP contribution is -2.02. The first kappa shape index (κ1) is 15.0. The topological polar surface area (TPSA) is 35.2 Å². The Morgan fingerprint density at radius 1 is 0.950 bits per heavy atom. The number of anilines is 1. The molecule has 2 aromatic rings. The second kappa shape index (κ2) is 5.94. The molecule has 2 N–H and O–H groups in total. The van der Waals surface area contributed by atoms with Gasteiger partial charge in [-0.25, -0.2) is 0 Å². The van der Waals surface area contributed by atoms with Crippen LogP contribution < -0.4 is 10.5 Å². The molecule has 0 aliphatic carbocycles. The Kier molecular flexibility index (Phi) is 4.46. The molecule has 0 atom stereocenters. The third kappa shape index (κ3) is 3.20. The second-order valence-electron chi connectivity index (χ2n) is 4.98. The summed E-state index contributed by atoms with van der Waals surface area (Å²) >= 11 is 12.2. The Labute approximate surface area is 129 Å². The maximum absolute atomic E-state index is 6.12. The fourth-order valence-corrected chi connectivity index (χ4v) is 2.91. The summed E-state index contributed by atoms with van der Waals surface area (Å²) in [6, 6.07) is 7.55. The van der Waals surface area contributed by atoms with Crippen molar-refractivity contribution in [1.29, 1.82) is 0 Å². The molecule has 0 amide bonds. The average Bonchev–Trinajstić information content (AvgIpc) is 2.30. The van der Waals surface area contributed by atoms with E-state index in [1.165, 1.54) is 16.7 Å². The van der Waals surface area contributed by atoms with Crippen LogP contribution in [0.5, 0.6) is 5.75 Å². The van der Waals surface area contributed by atoms with Crippen LogP contribution in [0.2, 0.25) is 10.0 Å². The molecule has 0 radical (unpaired) electrons. The van der Waals surface area contributed by atoms with Gasteiger partial charge in [-0.15, -0.1) is 0 Å². The van der Waals surface area contributed by atoms with Gasteiger partial charge in [-0.1, -0.05) is 40.9 Å². The van der Waals surface area contributed by atoms with Gasteiger partial charge in [-0.2, -0.15) is 0 Å². The maximum atomic E-state index is 6.12. The van der Waals surface area contributed by atoms with Crippen LogP contribution in [0.4, 0.5) is 5.69 Å². The molecule has 0 heterocycles. The molecule has 0 unspecified atom stereocenters. The van der Waals surface area contributed by atoms with Crippen LogP contribution in [0.1, 0.15) is 22.3 Å². The largest absolute Gasteiger partial charge is 0.486 e. The SMILES string of the molecule is Cc1cc(C)c(COc2c(Cl)cc(N)cc2Cl)c(C)c1. The van der Waals surface area contributed by atoms with Gasteiger partial charge < -0.3 is 10.5 Å². The molecule has 0 aliphatic rings. The van der Waals surface area contributed by atoms with Gasteiger partial charge in [0.1, 0.15) is 6.61 Å². The molecule has 106 valence electrons. The predicted octanol–water partition coefficient (Wildman–Crippen LogP) is 5.08. The van der Waals surface area contributed by atoms with Crippen molar-refractivity contribution in [3.05, 3.63) is 56.6 Å². The van der Waals surface area contributed by atoms with Crippen LogP contribution in [0.15, 0.2) is 24.3 Å². The Morgan fingerprint density at radius 3 is 1.95 bits per heavy atom. The monoisotopic (exact) mass is 309 g/mol. The molecule has 0 fully saturated rings. The van der Waals surface area contributed by atoms with E-state index < -0.39 is 0 Å². The minimum Gasteiger partial charge on any atom is -0.486 e. The first-order valence-electron chi connectivity index (χ1n) is 6.32. The Bertz CT molecular complexity index is 549. The van der Waals surface area contributed by atoms with E-state index in [0.29, 0.717) is 28.1 Å². The summed E-state index contributed by atoms with van der Waals surface area (Å²) in [5.41, 5.74) is 11.0. The lowest BCUT2D eigenvalue weighted by molar-refractivity contribution is 0.305. The number of halogens is 2. The number of ether oxygens (including phenoxy) is 1. The number of nitrogens with two attached hydrogens (primary N) is 1. The Hall–Kier alpha value is -1.38. The highest BCUT2D eigenvalue weighted by molar-refractivity contribution is 6.37. The van der Waals surface area contributed by atoms with Crippen molar-refractivity contribution in [1.82, 2.24) is 0 Å². The molecule has 0 aliphatic heterocycles. The maximum Gasteiger partial charge on any atom is 0.157 e. The number of rotatable bonds is 3. The molecule has 0 bridgehead atoms. The predicted molar refractivity (Wildman–Crippen MR) is 85.9 cm³/mol. The lowest BCUT2D eigenvalue weighted by atomic mass is 10.0. The highest BCUT2D eigenvalue weighted by atomic mass is 35.5. The van der Waals surface area contributed by atoms with Crippen LogP contribution in [-0.2, 0) is 6.61 Å². The molecular formula is C16H17Cl2NO. The normalized spacial score (nSPS) is 10.7. The highest BCUT2D eigenvalue weighted by Gasteiger charge is 2.11. The van der Waals surface area contributed by atoms with Crippen molar-refractivity contribution < 1.29 is 4.74 Å². The first-order valence-corrected chi connectivity index (χ1v) is 7.08. The van der Waals surface area contributed by atoms with Crippen molar-refractivity contribution in [3.8, 4) is 5.75 Å². The molecular weight excluding hydrogens is 293 g/mol. The van der Waals surface area contributed by atoms with E-state index in [1.54, 1.807) is 12.1 Å². The number of benzene rings is 2. The summed E-state index contributed by atoms with van der Waals surface area (Å²) in [7, 11) is 0. The molecule has 0 spiro atoms. The standard InChI is InChI=1S/C16H17Cl2NO/c1-9-4-10(2)13(11(3)5-9)8-20-16-14(17)6-12(19)7-15(16)18/h4-7H,8,19H2,1-3H3. The number of aryl methyl sites for hydroxylation is 3. The summed E-state index contributed by atoms with van der Waals surface area (Å²) in [6.07, 6.45) is 0. The van der Waals surface area contributed by atoms with E-state index >= 15 is 0 Å². The molecule has 2 nitrogen and oxygen atoms in total. The van der Waals surface area contributed by atoms with Gasteiger partial charge in [0.15, 0.2) is 5.75 Å². The highest BCUT2D eigenvalue weighted by Crippen LogP contribution is 2.35. The average molecular weight is 310 g/mol. The van der Waals surface area contributed by atoms with Crippen molar-refractivity contribution in [3.63, 3.8) is 0 Å². The number of nitrogen functional groups attached to an aromatic ring is 1. The van der Waals surface area contributed by atoms with Crippen LogP contribution in [0.25, 0.3) is 0 Å². The third-order valence-corrected chi connectivity index (χ3v) is 3.78. The molecule has 0 saturated heterocycles. The van der Waals surface area contributed by atoms with E-state index in [9.17, 15) is 0 Å². The fourth-order valence-electron chi connectivity index (χ4n) is 2.30. The van der Waals surface area contributed by atoms with Crippen LogP contribution >= 0.6 is 23.2 Å². The Morgan fingerprint density at radius 2 is 1.45 bits per heavy atom. The van der Waals surface area contributed by atoms with Crippen LogP contribution in [-0.4, -0.2) is 0 Å². The zero-order valence-electron chi connectivity index (χ0n) is 11.8.